The largest absolute Gasteiger partial charge is 0.299 e. The van der Waals surface area contributed by atoms with E-state index in [1.807, 2.05) is 0 Å². The number of hydrogen-bond acceptors (Lipinski definition) is 2. The number of nitrogens with zero attached hydrogens (tertiary/aromatic N) is 1. The smallest absolute Gasteiger partial charge is 0.138 e. The predicted octanol–water partition coefficient (Wildman–Crippen LogP) is 2.87. The average molecular weight is 223 g/mol. The number of carbonyl (C=O) groups is 1. The quantitative estimate of drug-likeness (QED) is 0.717. The van der Waals surface area contributed by atoms with Crippen LogP contribution in [0.2, 0.25) is 0 Å². The lowest BCUT2D eigenvalue weighted by atomic mass is 9.80. The maximum atomic E-state index is 11.5. The van der Waals surface area contributed by atoms with Crippen molar-refractivity contribution in [2.45, 2.75) is 58.4 Å². The van der Waals surface area contributed by atoms with Crippen molar-refractivity contribution in [2.75, 3.05) is 13.1 Å². The van der Waals surface area contributed by atoms with Crippen molar-refractivity contribution in [2.24, 2.45) is 11.8 Å². The molecule has 0 aromatic rings. The lowest BCUT2D eigenvalue weighted by Crippen LogP contribution is -2.49. The molecule has 0 aromatic heterocycles. The highest BCUT2D eigenvalue weighted by Crippen LogP contribution is 2.32. The van der Waals surface area contributed by atoms with Crippen LogP contribution in [0, 0.1) is 11.8 Å². The summed E-state index contributed by atoms with van der Waals surface area (Å²) in [5, 5.41) is 0. The summed E-state index contributed by atoms with van der Waals surface area (Å²) in [5.41, 5.74) is 0. The zero-order valence-electron chi connectivity index (χ0n) is 10.7. The molecule has 0 radical (unpaired) electrons. The molecule has 1 saturated carbocycles. The topological polar surface area (TPSA) is 20.3 Å². The Morgan fingerprint density at radius 3 is 2.75 bits per heavy atom. The molecule has 3 atom stereocenters. The van der Waals surface area contributed by atoms with E-state index in [9.17, 15) is 4.79 Å². The molecule has 2 heteroatoms. The van der Waals surface area contributed by atoms with Gasteiger partial charge in [0.1, 0.15) is 5.78 Å². The lowest BCUT2D eigenvalue weighted by Gasteiger charge is -2.42. The summed E-state index contributed by atoms with van der Waals surface area (Å²) < 4.78 is 0. The first-order chi connectivity index (χ1) is 7.72. The fraction of sp³-hybridized carbons (Fsp3) is 0.929. The second-order valence-corrected chi connectivity index (χ2v) is 5.63. The van der Waals surface area contributed by atoms with Crippen LogP contribution in [0.15, 0.2) is 0 Å². The first-order valence-electron chi connectivity index (χ1n) is 6.99. The third-order valence-corrected chi connectivity index (χ3v) is 4.57. The van der Waals surface area contributed by atoms with Crippen molar-refractivity contribution in [3.05, 3.63) is 0 Å². The molecule has 3 unspecified atom stereocenters. The molecule has 1 aliphatic heterocycles. The number of Topliss-reactive ketones (excluding diaryl/α,β-unsaturated/α-hetero) is 1. The van der Waals surface area contributed by atoms with Gasteiger partial charge in [-0.15, -0.1) is 0 Å². The molecule has 0 N–H and O–H groups in total. The van der Waals surface area contributed by atoms with Crippen LogP contribution in [0.3, 0.4) is 0 Å². The first kappa shape index (κ1) is 12.1. The van der Waals surface area contributed by atoms with Gasteiger partial charge >= 0.3 is 0 Å². The van der Waals surface area contributed by atoms with Gasteiger partial charge in [-0.25, -0.2) is 0 Å². The van der Waals surface area contributed by atoms with Crippen molar-refractivity contribution in [1.29, 1.82) is 0 Å². The fourth-order valence-electron chi connectivity index (χ4n) is 3.49. The number of rotatable bonds is 2. The summed E-state index contributed by atoms with van der Waals surface area (Å²) >= 11 is 0. The van der Waals surface area contributed by atoms with Crippen LogP contribution in [0.4, 0.5) is 0 Å². The Hall–Kier alpha value is -0.370. The van der Waals surface area contributed by atoms with Crippen LogP contribution >= 0.6 is 0 Å². The highest BCUT2D eigenvalue weighted by atomic mass is 16.1. The Morgan fingerprint density at radius 2 is 2.06 bits per heavy atom. The maximum Gasteiger partial charge on any atom is 0.138 e. The Kier molecular flexibility index (Phi) is 4.01. The minimum Gasteiger partial charge on any atom is -0.299 e. The Labute approximate surface area is 99.4 Å². The standard InChI is InChI=1S/C14H25NO/c1-3-12-6-4-5-7-13(12)15-9-8-14(16)11(2)10-15/h11-13H,3-10H2,1-2H3. The van der Waals surface area contributed by atoms with Crippen molar-refractivity contribution in [3.63, 3.8) is 0 Å². The maximum absolute atomic E-state index is 11.5. The molecule has 1 heterocycles. The van der Waals surface area contributed by atoms with Crippen LogP contribution in [0.1, 0.15) is 52.4 Å². The molecule has 0 aromatic carbocycles. The summed E-state index contributed by atoms with van der Waals surface area (Å²) in [4.78, 5) is 14.2. The van der Waals surface area contributed by atoms with Gasteiger partial charge in [-0.1, -0.05) is 33.1 Å². The Bertz CT molecular complexity index is 251. The van der Waals surface area contributed by atoms with E-state index in [-0.39, 0.29) is 5.92 Å². The molecule has 1 saturated heterocycles. The number of carbonyl (C=O) groups excluding carboxylic acids is 1. The van der Waals surface area contributed by atoms with Gasteiger partial charge in [0.25, 0.3) is 0 Å². The SMILES string of the molecule is CCC1CCCCC1N1CCC(=O)C(C)C1. The van der Waals surface area contributed by atoms with Crippen LogP contribution in [-0.2, 0) is 4.79 Å². The molecule has 2 aliphatic rings. The first-order valence-corrected chi connectivity index (χ1v) is 6.99. The van der Waals surface area contributed by atoms with E-state index in [1.165, 1.54) is 32.1 Å². The second kappa shape index (κ2) is 5.31. The van der Waals surface area contributed by atoms with Gasteiger partial charge in [0.05, 0.1) is 0 Å². The number of piperidine rings is 1. The van der Waals surface area contributed by atoms with Crippen LogP contribution in [0.25, 0.3) is 0 Å². The highest BCUT2D eigenvalue weighted by Gasteiger charge is 2.33. The summed E-state index contributed by atoms with van der Waals surface area (Å²) in [7, 11) is 0. The minimum absolute atomic E-state index is 0.271. The third kappa shape index (κ3) is 2.48. The monoisotopic (exact) mass is 223 g/mol. The van der Waals surface area contributed by atoms with Gasteiger partial charge in [0.2, 0.25) is 0 Å². The molecule has 1 aliphatic carbocycles. The van der Waals surface area contributed by atoms with Crippen LogP contribution in [-0.4, -0.2) is 29.8 Å². The molecule has 2 rings (SSSR count). The molecule has 16 heavy (non-hydrogen) atoms. The summed E-state index contributed by atoms with van der Waals surface area (Å²) in [5.74, 6) is 1.63. The van der Waals surface area contributed by atoms with Gasteiger partial charge in [-0.3, -0.25) is 9.69 Å². The zero-order chi connectivity index (χ0) is 11.5. The van der Waals surface area contributed by atoms with E-state index >= 15 is 0 Å². The Morgan fingerprint density at radius 1 is 1.31 bits per heavy atom. The molecular weight excluding hydrogens is 198 g/mol. The molecule has 0 bridgehead atoms. The summed E-state index contributed by atoms with van der Waals surface area (Å²) in [6.45, 7) is 6.45. The van der Waals surface area contributed by atoms with Gasteiger partial charge in [0.15, 0.2) is 0 Å². The summed E-state index contributed by atoms with van der Waals surface area (Å²) in [6.07, 6.45) is 7.66. The minimum atomic E-state index is 0.271. The van der Waals surface area contributed by atoms with E-state index in [0.717, 1.165) is 31.5 Å². The normalized spacial score (nSPS) is 37.6. The van der Waals surface area contributed by atoms with E-state index in [2.05, 4.69) is 18.7 Å². The van der Waals surface area contributed by atoms with Crippen LogP contribution in [0.5, 0.6) is 0 Å². The second-order valence-electron chi connectivity index (χ2n) is 5.63. The van der Waals surface area contributed by atoms with E-state index < -0.39 is 0 Å². The molecule has 0 amide bonds. The van der Waals surface area contributed by atoms with Gasteiger partial charge < -0.3 is 0 Å². The molecule has 2 nitrogen and oxygen atoms in total. The summed E-state index contributed by atoms with van der Waals surface area (Å²) in [6, 6.07) is 0.772. The highest BCUT2D eigenvalue weighted by molar-refractivity contribution is 5.81. The number of likely N-dealkylation sites (tertiary alicyclic amines) is 1. The number of hydrogen-bond donors (Lipinski definition) is 0. The molecular formula is C14H25NO. The fourth-order valence-corrected chi connectivity index (χ4v) is 3.49. The molecule has 92 valence electrons. The lowest BCUT2D eigenvalue weighted by molar-refractivity contribution is -0.126. The van der Waals surface area contributed by atoms with E-state index in [0.29, 0.717) is 5.78 Å². The molecule has 2 fully saturated rings. The van der Waals surface area contributed by atoms with Crippen molar-refractivity contribution < 1.29 is 4.79 Å². The van der Waals surface area contributed by atoms with Gasteiger partial charge in [-0.05, 0) is 18.8 Å². The van der Waals surface area contributed by atoms with E-state index in [4.69, 9.17) is 0 Å². The van der Waals surface area contributed by atoms with Crippen molar-refractivity contribution in [3.8, 4) is 0 Å². The number of ketones is 1. The van der Waals surface area contributed by atoms with Crippen LogP contribution < -0.4 is 0 Å². The van der Waals surface area contributed by atoms with Crippen molar-refractivity contribution in [1.82, 2.24) is 4.90 Å². The average Bonchev–Trinajstić information content (AvgIpc) is 2.32. The van der Waals surface area contributed by atoms with Crippen molar-refractivity contribution >= 4 is 5.78 Å². The predicted molar refractivity (Wildman–Crippen MR) is 66.4 cm³/mol. The zero-order valence-corrected chi connectivity index (χ0v) is 10.7. The van der Waals surface area contributed by atoms with E-state index in [1.54, 1.807) is 0 Å². The Balaban J connectivity index is 1.97. The van der Waals surface area contributed by atoms with Gasteiger partial charge in [-0.2, -0.15) is 0 Å². The third-order valence-electron chi connectivity index (χ3n) is 4.57. The molecule has 0 spiro atoms. The van der Waals surface area contributed by atoms with Gasteiger partial charge in [0, 0.05) is 31.5 Å².